The van der Waals surface area contributed by atoms with E-state index in [0.29, 0.717) is 11.5 Å². The summed E-state index contributed by atoms with van der Waals surface area (Å²) in [5, 5.41) is 6.00. The Balaban J connectivity index is 1.97. The number of nitrogens with one attached hydrogen (secondary N) is 2. The lowest BCUT2D eigenvalue weighted by molar-refractivity contribution is 0.0934. The number of rotatable bonds is 7. The van der Waals surface area contributed by atoms with Crippen LogP contribution in [-0.4, -0.2) is 28.0 Å². The van der Waals surface area contributed by atoms with E-state index in [4.69, 9.17) is 4.74 Å². The third kappa shape index (κ3) is 5.22. The van der Waals surface area contributed by atoms with Crippen molar-refractivity contribution in [2.75, 3.05) is 5.32 Å². The number of amides is 1. The number of nitrogens with zero attached hydrogens (tertiary/aromatic N) is 2. The lowest BCUT2D eigenvalue weighted by Crippen LogP contribution is -2.32. The first-order chi connectivity index (χ1) is 11.5. The van der Waals surface area contributed by atoms with Crippen LogP contribution in [0.15, 0.2) is 36.7 Å². The highest BCUT2D eigenvalue weighted by Gasteiger charge is 2.10. The molecule has 1 unspecified atom stereocenters. The monoisotopic (exact) mass is 328 g/mol. The van der Waals surface area contributed by atoms with Crippen LogP contribution in [0.3, 0.4) is 0 Å². The number of ether oxygens (including phenoxy) is 1. The molecular formula is C18H24N4O2. The van der Waals surface area contributed by atoms with Gasteiger partial charge in [-0.2, -0.15) is 0 Å². The molecule has 2 aromatic rings. The molecule has 1 aromatic carbocycles. The van der Waals surface area contributed by atoms with E-state index in [2.05, 4.69) is 20.6 Å². The molecule has 1 aromatic heterocycles. The fourth-order valence-corrected chi connectivity index (χ4v) is 1.95. The largest absolute Gasteiger partial charge is 0.491 e. The maximum Gasteiger partial charge on any atom is 0.271 e. The summed E-state index contributed by atoms with van der Waals surface area (Å²) in [5.41, 5.74) is 1.18. The minimum absolute atomic E-state index is 0.115. The molecule has 1 heterocycles. The van der Waals surface area contributed by atoms with Crippen molar-refractivity contribution in [3.63, 3.8) is 0 Å². The van der Waals surface area contributed by atoms with Crippen LogP contribution in [0, 0.1) is 0 Å². The SMILES string of the molecule is CCC(C)NC(=O)c1cnc(Nc2ccc(OC(C)C)cc2)cn1. The number of anilines is 2. The van der Waals surface area contributed by atoms with E-state index >= 15 is 0 Å². The molecule has 0 aliphatic heterocycles. The molecule has 0 saturated heterocycles. The molecule has 0 saturated carbocycles. The Morgan fingerprint density at radius 2 is 1.83 bits per heavy atom. The van der Waals surface area contributed by atoms with Crippen molar-refractivity contribution >= 4 is 17.4 Å². The number of carbonyl (C=O) groups is 1. The second kappa shape index (κ2) is 8.29. The standard InChI is InChI=1S/C18H24N4O2/c1-5-13(4)21-18(23)16-10-20-17(11-19-16)22-14-6-8-15(9-7-14)24-12(2)3/h6-13H,5H2,1-4H3,(H,20,22)(H,21,23). The molecule has 0 fully saturated rings. The first kappa shape index (κ1) is 17.7. The molecule has 6 heteroatoms. The quantitative estimate of drug-likeness (QED) is 0.813. The Kier molecular flexibility index (Phi) is 6.12. The van der Waals surface area contributed by atoms with E-state index in [0.717, 1.165) is 17.9 Å². The van der Waals surface area contributed by atoms with Crippen molar-refractivity contribution in [3.8, 4) is 5.75 Å². The normalized spacial score (nSPS) is 11.9. The smallest absolute Gasteiger partial charge is 0.271 e. The number of carbonyl (C=O) groups excluding carboxylic acids is 1. The number of aromatic nitrogens is 2. The molecule has 24 heavy (non-hydrogen) atoms. The molecule has 1 amide bonds. The number of hydrogen-bond acceptors (Lipinski definition) is 5. The average Bonchev–Trinajstić information content (AvgIpc) is 2.56. The van der Waals surface area contributed by atoms with Gasteiger partial charge in [-0.15, -0.1) is 0 Å². The first-order valence-electron chi connectivity index (χ1n) is 8.14. The topological polar surface area (TPSA) is 76.1 Å². The number of benzene rings is 1. The van der Waals surface area contributed by atoms with Gasteiger partial charge in [0.2, 0.25) is 0 Å². The zero-order chi connectivity index (χ0) is 17.5. The van der Waals surface area contributed by atoms with Gasteiger partial charge in [-0.3, -0.25) is 4.79 Å². The van der Waals surface area contributed by atoms with E-state index in [1.165, 1.54) is 6.20 Å². The van der Waals surface area contributed by atoms with Crippen LogP contribution in [0.2, 0.25) is 0 Å². The molecule has 0 bridgehead atoms. The zero-order valence-electron chi connectivity index (χ0n) is 14.5. The predicted molar refractivity (Wildman–Crippen MR) is 94.7 cm³/mol. The summed E-state index contributed by atoms with van der Waals surface area (Å²) in [7, 11) is 0. The summed E-state index contributed by atoms with van der Waals surface area (Å²) in [6, 6.07) is 7.71. The molecule has 0 radical (unpaired) electrons. The van der Waals surface area contributed by atoms with Crippen molar-refractivity contribution in [1.82, 2.24) is 15.3 Å². The third-order valence-electron chi connectivity index (χ3n) is 3.37. The Labute approximate surface area is 142 Å². The summed E-state index contributed by atoms with van der Waals surface area (Å²) in [4.78, 5) is 20.4. The van der Waals surface area contributed by atoms with Crippen LogP contribution in [0.4, 0.5) is 11.5 Å². The van der Waals surface area contributed by atoms with E-state index < -0.39 is 0 Å². The summed E-state index contributed by atoms with van der Waals surface area (Å²) in [5.74, 6) is 1.19. The van der Waals surface area contributed by atoms with Crippen molar-refractivity contribution in [2.24, 2.45) is 0 Å². The highest BCUT2D eigenvalue weighted by atomic mass is 16.5. The van der Waals surface area contributed by atoms with Crippen LogP contribution in [0.25, 0.3) is 0 Å². The van der Waals surface area contributed by atoms with Crippen LogP contribution in [-0.2, 0) is 0 Å². The molecule has 2 rings (SSSR count). The fourth-order valence-electron chi connectivity index (χ4n) is 1.95. The Morgan fingerprint density at radius 1 is 1.12 bits per heavy atom. The minimum atomic E-state index is -0.210. The summed E-state index contributed by atoms with van der Waals surface area (Å²) < 4.78 is 5.60. The average molecular weight is 328 g/mol. The molecule has 128 valence electrons. The highest BCUT2D eigenvalue weighted by Crippen LogP contribution is 2.19. The van der Waals surface area contributed by atoms with Gasteiger partial charge in [0.15, 0.2) is 0 Å². The second-order valence-corrected chi connectivity index (χ2v) is 5.89. The molecule has 0 spiro atoms. The van der Waals surface area contributed by atoms with E-state index in [1.807, 2.05) is 52.0 Å². The van der Waals surface area contributed by atoms with Crippen molar-refractivity contribution in [3.05, 3.63) is 42.4 Å². The van der Waals surface area contributed by atoms with Gasteiger partial charge in [-0.05, 0) is 51.5 Å². The Morgan fingerprint density at radius 3 is 2.38 bits per heavy atom. The number of hydrogen-bond donors (Lipinski definition) is 2. The van der Waals surface area contributed by atoms with Crippen LogP contribution in [0.5, 0.6) is 5.75 Å². The third-order valence-corrected chi connectivity index (χ3v) is 3.37. The van der Waals surface area contributed by atoms with E-state index in [9.17, 15) is 4.79 Å². The second-order valence-electron chi connectivity index (χ2n) is 5.89. The Hall–Kier alpha value is -2.63. The van der Waals surface area contributed by atoms with Gasteiger partial charge in [0.1, 0.15) is 17.3 Å². The Bertz CT molecular complexity index is 654. The zero-order valence-corrected chi connectivity index (χ0v) is 14.5. The van der Waals surface area contributed by atoms with Crippen molar-refractivity contribution in [2.45, 2.75) is 46.3 Å². The van der Waals surface area contributed by atoms with E-state index in [1.54, 1.807) is 6.20 Å². The van der Waals surface area contributed by atoms with Crippen LogP contribution >= 0.6 is 0 Å². The predicted octanol–water partition coefficient (Wildman–Crippen LogP) is 3.54. The van der Waals surface area contributed by atoms with Gasteiger partial charge in [0.05, 0.1) is 18.5 Å². The van der Waals surface area contributed by atoms with Gasteiger partial charge in [-0.1, -0.05) is 6.92 Å². The summed E-state index contributed by atoms with van der Waals surface area (Å²) in [6.07, 6.45) is 4.03. The fraction of sp³-hybridized carbons (Fsp3) is 0.389. The maximum atomic E-state index is 12.0. The summed E-state index contributed by atoms with van der Waals surface area (Å²) in [6.45, 7) is 7.94. The van der Waals surface area contributed by atoms with Crippen molar-refractivity contribution < 1.29 is 9.53 Å². The van der Waals surface area contributed by atoms with Gasteiger partial charge in [-0.25, -0.2) is 9.97 Å². The van der Waals surface area contributed by atoms with Gasteiger partial charge >= 0.3 is 0 Å². The molecule has 0 aliphatic carbocycles. The van der Waals surface area contributed by atoms with Crippen LogP contribution < -0.4 is 15.4 Å². The highest BCUT2D eigenvalue weighted by molar-refractivity contribution is 5.92. The lowest BCUT2D eigenvalue weighted by Gasteiger charge is -2.12. The van der Waals surface area contributed by atoms with Crippen LogP contribution in [0.1, 0.15) is 44.6 Å². The molecular weight excluding hydrogens is 304 g/mol. The van der Waals surface area contributed by atoms with Gasteiger partial charge < -0.3 is 15.4 Å². The lowest BCUT2D eigenvalue weighted by atomic mass is 10.2. The molecule has 6 nitrogen and oxygen atoms in total. The van der Waals surface area contributed by atoms with Crippen molar-refractivity contribution in [1.29, 1.82) is 0 Å². The molecule has 0 aliphatic rings. The van der Waals surface area contributed by atoms with Gasteiger partial charge in [0, 0.05) is 11.7 Å². The first-order valence-corrected chi connectivity index (χ1v) is 8.14. The molecule has 1 atom stereocenters. The summed E-state index contributed by atoms with van der Waals surface area (Å²) >= 11 is 0. The van der Waals surface area contributed by atoms with E-state index in [-0.39, 0.29) is 18.1 Å². The molecule has 2 N–H and O–H groups in total. The van der Waals surface area contributed by atoms with Gasteiger partial charge in [0.25, 0.3) is 5.91 Å². The minimum Gasteiger partial charge on any atom is -0.491 e. The maximum absolute atomic E-state index is 12.0.